The summed E-state index contributed by atoms with van der Waals surface area (Å²) in [5, 5.41) is 3.02. The third-order valence-electron chi connectivity index (χ3n) is 3.42. The maximum Gasteiger partial charge on any atom is 0.337 e. The van der Waals surface area contributed by atoms with Gasteiger partial charge in [0.1, 0.15) is 5.58 Å². The number of nitrogens with one attached hydrogen (secondary N) is 1. The Morgan fingerprint density at radius 2 is 1.75 bits per heavy atom. The molecule has 0 aliphatic rings. The number of carbonyl (C=O) groups excluding carboxylic acids is 2. The quantitative estimate of drug-likeness (QED) is 0.749. The first-order valence-corrected chi connectivity index (χ1v) is 7.11. The van der Waals surface area contributed by atoms with E-state index in [4.69, 9.17) is 4.42 Å². The van der Waals surface area contributed by atoms with E-state index in [2.05, 4.69) is 10.1 Å². The summed E-state index contributed by atoms with van der Waals surface area (Å²) in [5.41, 5.74) is 0.885. The van der Waals surface area contributed by atoms with Crippen LogP contribution in [0.5, 0.6) is 0 Å². The van der Waals surface area contributed by atoms with Crippen LogP contribution in [0.15, 0.2) is 63.8 Å². The second-order valence-electron chi connectivity index (χ2n) is 4.99. The molecule has 1 heterocycles. The maximum absolute atomic E-state index is 12.2. The molecule has 0 atom stereocenters. The molecule has 2 aromatic carbocycles. The fraction of sp³-hybridized carbons (Fsp3) is 0.0556. The largest absolute Gasteiger partial charge is 0.465 e. The number of esters is 1. The fourth-order valence-corrected chi connectivity index (χ4v) is 2.22. The van der Waals surface area contributed by atoms with Gasteiger partial charge in [0.25, 0.3) is 5.91 Å². The first-order chi connectivity index (χ1) is 11.6. The molecule has 0 fully saturated rings. The van der Waals surface area contributed by atoms with Gasteiger partial charge in [-0.15, -0.1) is 0 Å². The van der Waals surface area contributed by atoms with Gasteiger partial charge in [-0.25, -0.2) is 4.79 Å². The normalized spacial score (nSPS) is 10.4. The van der Waals surface area contributed by atoms with Crippen molar-refractivity contribution in [1.82, 2.24) is 0 Å². The lowest BCUT2D eigenvalue weighted by atomic mass is 10.2. The van der Waals surface area contributed by atoms with Crippen LogP contribution >= 0.6 is 0 Å². The van der Waals surface area contributed by atoms with Crippen LogP contribution < -0.4 is 10.7 Å². The number of amides is 1. The highest BCUT2D eigenvalue weighted by Gasteiger charge is 2.13. The van der Waals surface area contributed by atoms with E-state index in [-0.39, 0.29) is 11.2 Å². The Bertz CT molecular complexity index is 973. The van der Waals surface area contributed by atoms with Gasteiger partial charge in [0.2, 0.25) is 0 Å². The highest BCUT2D eigenvalue weighted by molar-refractivity contribution is 6.03. The van der Waals surface area contributed by atoms with Crippen molar-refractivity contribution in [2.75, 3.05) is 12.4 Å². The van der Waals surface area contributed by atoms with E-state index in [0.29, 0.717) is 22.2 Å². The highest BCUT2D eigenvalue weighted by Crippen LogP contribution is 2.15. The van der Waals surface area contributed by atoms with Gasteiger partial charge >= 0.3 is 5.97 Å². The average molecular weight is 323 g/mol. The number of ether oxygens (including phenoxy) is 1. The van der Waals surface area contributed by atoms with Crippen molar-refractivity contribution >= 4 is 28.5 Å². The van der Waals surface area contributed by atoms with Gasteiger partial charge in [-0.1, -0.05) is 12.1 Å². The van der Waals surface area contributed by atoms with Gasteiger partial charge in [-0.3, -0.25) is 9.59 Å². The lowest BCUT2D eigenvalue weighted by Gasteiger charge is -2.06. The van der Waals surface area contributed by atoms with E-state index in [1.807, 2.05) is 0 Å². The van der Waals surface area contributed by atoms with Crippen LogP contribution in [0.2, 0.25) is 0 Å². The summed E-state index contributed by atoms with van der Waals surface area (Å²) in [5.74, 6) is -1.10. The molecule has 24 heavy (non-hydrogen) atoms. The minimum atomic E-state index is -0.552. The SMILES string of the molecule is COC(=O)c1ccc(NC(=O)c2cc(=O)c3ccccc3o2)cc1. The summed E-state index contributed by atoms with van der Waals surface area (Å²) < 4.78 is 10.1. The zero-order valence-electron chi connectivity index (χ0n) is 12.7. The summed E-state index contributed by atoms with van der Waals surface area (Å²) in [4.78, 5) is 35.6. The molecule has 3 aromatic rings. The summed E-state index contributed by atoms with van der Waals surface area (Å²) in [6.45, 7) is 0. The van der Waals surface area contributed by atoms with Crippen LogP contribution in [-0.4, -0.2) is 19.0 Å². The van der Waals surface area contributed by atoms with E-state index >= 15 is 0 Å². The van der Waals surface area contributed by atoms with Crippen molar-refractivity contribution in [2.45, 2.75) is 0 Å². The molecule has 6 heteroatoms. The summed E-state index contributed by atoms with van der Waals surface area (Å²) in [6.07, 6.45) is 0. The zero-order chi connectivity index (χ0) is 17.1. The smallest absolute Gasteiger partial charge is 0.337 e. The Morgan fingerprint density at radius 1 is 1.04 bits per heavy atom. The molecule has 0 unspecified atom stereocenters. The molecule has 1 N–H and O–H groups in total. The second-order valence-corrected chi connectivity index (χ2v) is 4.99. The minimum absolute atomic E-state index is 0.0873. The van der Waals surface area contributed by atoms with Gasteiger partial charge in [0, 0.05) is 11.8 Å². The Kier molecular flexibility index (Phi) is 4.11. The van der Waals surface area contributed by atoms with Crippen LogP contribution in [-0.2, 0) is 4.74 Å². The molecule has 0 aliphatic heterocycles. The molecule has 3 rings (SSSR count). The number of benzene rings is 2. The summed E-state index contributed by atoms with van der Waals surface area (Å²) >= 11 is 0. The van der Waals surface area contributed by atoms with E-state index in [0.717, 1.165) is 6.07 Å². The van der Waals surface area contributed by atoms with Crippen molar-refractivity contribution in [3.05, 3.63) is 76.1 Å². The van der Waals surface area contributed by atoms with E-state index in [9.17, 15) is 14.4 Å². The molecule has 0 saturated heterocycles. The average Bonchev–Trinajstić information content (AvgIpc) is 2.61. The number of fused-ring (bicyclic) bond motifs is 1. The first kappa shape index (κ1) is 15.5. The Hall–Kier alpha value is -3.41. The topological polar surface area (TPSA) is 85.6 Å². The van der Waals surface area contributed by atoms with Gasteiger partial charge in [0.05, 0.1) is 18.1 Å². The third-order valence-corrected chi connectivity index (χ3v) is 3.42. The van der Waals surface area contributed by atoms with Crippen LogP contribution in [0, 0.1) is 0 Å². The molecule has 0 saturated carbocycles. The third kappa shape index (κ3) is 3.03. The van der Waals surface area contributed by atoms with E-state index < -0.39 is 11.9 Å². The van der Waals surface area contributed by atoms with Crippen molar-refractivity contribution in [2.24, 2.45) is 0 Å². The number of methoxy groups -OCH3 is 1. The molecule has 6 nitrogen and oxygen atoms in total. The van der Waals surface area contributed by atoms with Crippen LogP contribution in [0.3, 0.4) is 0 Å². The Labute approximate surface area is 136 Å². The number of hydrogen-bond donors (Lipinski definition) is 1. The monoisotopic (exact) mass is 323 g/mol. The van der Waals surface area contributed by atoms with E-state index in [1.165, 1.54) is 19.2 Å². The number of hydrogen-bond acceptors (Lipinski definition) is 5. The number of anilines is 1. The lowest BCUT2D eigenvalue weighted by molar-refractivity contribution is 0.0600. The van der Waals surface area contributed by atoms with E-state index in [1.54, 1.807) is 36.4 Å². The zero-order valence-corrected chi connectivity index (χ0v) is 12.7. The lowest BCUT2D eigenvalue weighted by Crippen LogP contribution is -2.15. The van der Waals surface area contributed by atoms with Gasteiger partial charge < -0.3 is 14.5 Å². The van der Waals surface area contributed by atoms with Crippen molar-refractivity contribution in [1.29, 1.82) is 0 Å². The van der Waals surface area contributed by atoms with Crippen LogP contribution in [0.25, 0.3) is 11.0 Å². The fourth-order valence-electron chi connectivity index (χ4n) is 2.22. The minimum Gasteiger partial charge on any atom is -0.465 e. The predicted molar refractivity (Wildman–Crippen MR) is 88.2 cm³/mol. The number of para-hydroxylation sites is 1. The van der Waals surface area contributed by atoms with Gasteiger partial charge in [-0.2, -0.15) is 0 Å². The maximum atomic E-state index is 12.2. The van der Waals surface area contributed by atoms with Gasteiger partial charge in [0.15, 0.2) is 11.2 Å². The van der Waals surface area contributed by atoms with Crippen molar-refractivity contribution in [3.8, 4) is 0 Å². The van der Waals surface area contributed by atoms with Crippen molar-refractivity contribution < 1.29 is 18.7 Å². The molecule has 1 aromatic heterocycles. The highest BCUT2D eigenvalue weighted by atomic mass is 16.5. The second kappa shape index (κ2) is 6.37. The standard InChI is InChI=1S/C18H13NO5/c1-23-18(22)11-6-8-12(9-7-11)19-17(21)16-10-14(20)13-4-2-3-5-15(13)24-16/h2-10H,1H3,(H,19,21). The molecule has 0 aliphatic carbocycles. The number of rotatable bonds is 3. The number of carbonyl (C=O) groups is 2. The summed E-state index contributed by atoms with van der Waals surface area (Å²) in [7, 11) is 1.29. The van der Waals surface area contributed by atoms with Gasteiger partial charge in [-0.05, 0) is 36.4 Å². The first-order valence-electron chi connectivity index (χ1n) is 7.11. The molecular weight excluding hydrogens is 310 g/mol. The molecule has 0 spiro atoms. The molecule has 1 amide bonds. The molecule has 0 bridgehead atoms. The molecule has 120 valence electrons. The van der Waals surface area contributed by atoms with Crippen LogP contribution in [0.4, 0.5) is 5.69 Å². The molecule has 0 radical (unpaired) electrons. The Balaban J connectivity index is 1.85. The Morgan fingerprint density at radius 3 is 2.46 bits per heavy atom. The summed E-state index contributed by atoms with van der Waals surface area (Å²) in [6, 6.07) is 14.0. The van der Waals surface area contributed by atoms with Crippen molar-refractivity contribution in [3.63, 3.8) is 0 Å². The molecular formula is C18H13NO5. The predicted octanol–water partition coefficient (Wildman–Crippen LogP) is 2.83. The van der Waals surface area contributed by atoms with Crippen LogP contribution in [0.1, 0.15) is 20.9 Å².